The van der Waals surface area contributed by atoms with Crippen molar-refractivity contribution in [3.05, 3.63) is 105 Å². The maximum Gasteiger partial charge on any atom is 0.268 e. The Morgan fingerprint density at radius 1 is 0.953 bits per heavy atom. The number of amides is 1. The van der Waals surface area contributed by atoms with Crippen molar-refractivity contribution in [2.45, 2.75) is 75.8 Å². The minimum Gasteiger partial charge on any atom is -0.474 e. The van der Waals surface area contributed by atoms with Crippen LogP contribution in [-0.2, 0) is 14.8 Å². The van der Waals surface area contributed by atoms with Crippen LogP contribution in [0.25, 0.3) is 16.6 Å². The number of carbonyl (C=O) groups excluding carboxylic acids is 1. The van der Waals surface area contributed by atoms with Gasteiger partial charge in [0.05, 0.1) is 35.6 Å². The number of rotatable bonds is 12. The van der Waals surface area contributed by atoms with E-state index >= 15 is 0 Å². The molecule has 5 aromatic rings. The zero-order chi connectivity index (χ0) is 44.4. The van der Waals surface area contributed by atoms with Gasteiger partial charge in [0.1, 0.15) is 28.1 Å². The number of morpholine rings is 1. The Labute approximate surface area is 388 Å². The van der Waals surface area contributed by atoms with Crippen LogP contribution in [0.1, 0.15) is 74.7 Å². The average molecular weight is 973 g/mol. The fourth-order valence-corrected chi connectivity index (χ4v) is 11.1. The summed E-state index contributed by atoms with van der Waals surface area (Å²) in [6, 6.07) is 19.2. The van der Waals surface area contributed by atoms with Crippen molar-refractivity contribution in [2.75, 3.05) is 63.9 Å². The number of carbonyl (C=O) groups is 1. The summed E-state index contributed by atoms with van der Waals surface area (Å²) in [5, 5.41) is 1.58. The number of hydrogen-bond acceptors (Lipinski definition) is 11. The van der Waals surface area contributed by atoms with Crippen LogP contribution in [0.3, 0.4) is 0 Å². The number of aromatic nitrogens is 3. The first-order chi connectivity index (χ1) is 30.9. The molecule has 0 bridgehead atoms. The second-order valence-corrected chi connectivity index (χ2v) is 21.1. The van der Waals surface area contributed by atoms with E-state index in [2.05, 4.69) is 76.3 Å². The van der Waals surface area contributed by atoms with Gasteiger partial charge in [-0.3, -0.25) is 14.6 Å². The lowest BCUT2D eigenvalue weighted by atomic mass is 9.72. The first kappa shape index (κ1) is 44.7. The van der Waals surface area contributed by atoms with Crippen LogP contribution < -0.4 is 19.1 Å². The molecule has 2 aromatic carbocycles. The van der Waals surface area contributed by atoms with Gasteiger partial charge in [0.2, 0.25) is 5.88 Å². The molecular formula is C48H55BrClN7O6S. The van der Waals surface area contributed by atoms with Gasteiger partial charge in [-0.15, -0.1) is 0 Å². The molecule has 2 aliphatic carbocycles. The van der Waals surface area contributed by atoms with Crippen molar-refractivity contribution in [3.8, 4) is 17.4 Å². The number of hydrogen-bond donors (Lipinski definition) is 2. The summed E-state index contributed by atoms with van der Waals surface area (Å²) in [6.45, 7) is 12.3. The number of nitrogens with one attached hydrogen (secondary N) is 2. The summed E-state index contributed by atoms with van der Waals surface area (Å²) >= 11 is 9.74. The Hall–Kier alpha value is -4.51. The fourth-order valence-electron chi connectivity index (χ4n) is 9.49. The normalized spacial score (nSPS) is 21.2. The highest BCUT2D eigenvalue weighted by Crippen LogP contribution is 2.43. The molecule has 16 heteroatoms. The van der Waals surface area contributed by atoms with E-state index in [4.69, 9.17) is 25.8 Å². The Balaban J connectivity index is 0.885. The first-order valence-corrected chi connectivity index (χ1v) is 24.9. The molecule has 2 N–H and O–H groups in total. The lowest BCUT2D eigenvalue weighted by molar-refractivity contribution is -0.00146. The highest BCUT2D eigenvalue weighted by atomic mass is 79.9. The molecule has 338 valence electrons. The van der Waals surface area contributed by atoms with Crippen molar-refractivity contribution in [1.29, 1.82) is 0 Å². The number of benzene rings is 2. The fraction of sp³-hybridized carbons (Fsp3) is 0.438. The van der Waals surface area contributed by atoms with Crippen molar-refractivity contribution in [1.82, 2.24) is 29.5 Å². The third-order valence-corrected chi connectivity index (χ3v) is 15.3. The van der Waals surface area contributed by atoms with Gasteiger partial charge in [-0.05, 0) is 120 Å². The van der Waals surface area contributed by atoms with Gasteiger partial charge in [-0.2, -0.15) is 0 Å². The topological polar surface area (TPSA) is 142 Å². The van der Waals surface area contributed by atoms with Crippen LogP contribution in [0, 0.1) is 5.41 Å². The van der Waals surface area contributed by atoms with Crippen molar-refractivity contribution < 1.29 is 27.4 Å². The molecule has 2 saturated heterocycles. The Bertz CT molecular complexity index is 2620. The molecule has 0 unspecified atom stereocenters. The van der Waals surface area contributed by atoms with Crippen molar-refractivity contribution in [3.63, 3.8) is 0 Å². The number of allylic oxidation sites excluding steroid dienone is 1. The summed E-state index contributed by atoms with van der Waals surface area (Å²) in [4.78, 5) is 33.0. The van der Waals surface area contributed by atoms with Gasteiger partial charge in [0.25, 0.3) is 15.9 Å². The van der Waals surface area contributed by atoms with Gasteiger partial charge in [0.15, 0.2) is 0 Å². The Morgan fingerprint density at radius 2 is 1.72 bits per heavy atom. The maximum atomic E-state index is 14.0. The van der Waals surface area contributed by atoms with Gasteiger partial charge in [-0.25, -0.2) is 23.1 Å². The van der Waals surface area contributed by atoms with Gasteiger partial charge >= 0.3 is 0 Å². The number of nitrogens with zero attached hydrogens (tertiary/aromatic N) is 5. The monoisotopic (exact) mass is 971 g/mol. The van der Waals surface area contributed by atoms with Crippen LogP contribution in [0.15, 0.2) is 94.2 Å². The number of fused-ring (bicyclic) bond motifs is 1. The van der Waals surface area contributed by atoms with Gasteiger partial charge in [0, 0.05) is 80.2 Å². The second kappa shape index (κ2) is 19.1. The number of sulfonamides is 1. The molecule has 13 nitrogen and oxygen atoms in total. The molecule has 9 rings (SSSR count). The van der Waals surface area contributed by atoms with Crippen LogP contribution in [0.2, 0.25) is 5.02 Å². The highest BCUT2D eigenvalue weighted by Gasteiger charge is 2.32. The van der Waals surface area contributed by atoms with E-state index in [-0.39, 0.29) is 27.7 Å². The zero-order valence-electron chi connectivity index (χ0n) is 36.3. The van der Waals surface area contributed by atoms with E-state index in [0.717, 1.165) is 120 Å². The smallest absolute Gasteiger partial charge is 0.268 e. The lowest BCUT2D eigenvalue weighted by Gasteiger charge is -2.39. The number of ether oxygens (including phenoxy) is 3. The summed E-state index contributed by atoms with van der Waals surface area (Å²) in [7, 11) is -4.35. The molecule has 3 fully saturated rings. The van der Waals surface area contributed by atoms with E-state index in [1.807, 2.05) is 36.4 Å². The summed E-state index contributed by atoms with van der Waals surface area (Å²) in [6.07, 6.45) is 11.6. The van der Waals surface area contributed by atoms with Crippen molar-refractivity contribution in [2.24, 2.45) is 5.41 Å². The molecule has 1 amide bonds. The minimum absolute atomic E-state index is 0.0253. The van der Waals surface area contributed by atoms with Gasteiger partial charge < -0.3 is 24.1 Å². The van der Waals surface area contributed by atoms with Crippen LogP contribution >= 0.6 is 27.5 Å². The minimum atomic E-state index is -4.35. The van der Waals surface area contributed by atoms with Crippen molar-refractivity contribution >= 4 is 65.8 Å². The number of anilines is 1. The number of aromatic amines is 1. The molecule has 4 aliphatic rings. The molecule has 3 aromatic heterocycles. The van der Waals surface area contributed by atoms with E-state index < -0.39 is 15.9 Å². The van der Waals surface area contributed by atoms with Crippen LogP contribution in [0.5, 0.6) is 17.4 Å². The maximum absolute atomic E-state index is 14.0. The number of H-pyrrole nitrogens is 1. The number of piperazine rings is 1. The Morgan fingerprint density at radius 3 is 2.47 bits per heavy atom. The highest BCUT2D eigenvalue weighted by molar-refractivity contribution is 9.10. The Kier molecular flexibility index (Phi) is 13.4. The molecule has 2 aliphatic heterocycles. The summed E-state index contributed by atoms with van der Waals surface area (Å²) < 4.78 is 48.3. The number of pyridine rings is 2. The quantitative estimate of drug-likeness (QED) is 0.124. The third-order valence-electron chi connectivity index (χ3n) is 13.1. The molecular weight excluding hydrogens is 918 g/mol. The third kappa shape index (κ3) is 10.5. The SMILES string of the molecule is CC1(C)CCC(CN2CCN(c3ccc(C(=O)NS(=O)(=O)c4cnc(OC5CCC(N6CCOCC6)CC5)c(Br)c4)c(Oc4cnc5[nH]ccc5c4)c3)CC2)=C(c2ccc(Cl)cc2)C1. The molecule has 5 heterocycles. The molecule has 0 spiro atoms. The zero-order valence-corrected chi connectivity index (χ0v) is 39.5. The van der Waals surface area contributed by atoms with E-state index in [1.54, 1.807) is 18.5 Å². The second-order valence-electron chi connectivity index (χ2n) is 18.2. The molecule has 0 radical (unpaired) electrons. The summed E-state index contributed by atoms with van der Waals surface area (Å²) in [5.41, 5.74) is 6.04. The predicted molar refractivity (Wildman–Crippen MR) is 253 cm³/mol. The van der Waals surface area contributed by atoms with E-state index in [9.17, 15) is 13.2 Å². The molecule has 0 atom stereocenters. The van der Waals surface area contributed by atoms with E-state index in [0.29, 0.717) is 27.8 Å². The number of halogens is 2. The predicted octanol–water partition coefficient (Wildman–Crippen LogP) is 9.09. The van der Waals surface area contributed by atoms with Gasteiger partial charge in [-0.1, -0.05) is 43.2 Å². The largest absolute Gasteiger partial charge is 0.474 e. The lowest BCUT2D eigenvalue weighted by Crippen LogP contribution is -2.47. The van der Waals surface area contributed by atoms with Crippen LogP contribution in [-0.4, -0.2) is 110 Å². The van der Waals surface area contributed by atoms with Crippen LogP contribution in [0.4, 0.5) is 5.69 Å². The van der Waals surface area contributed by atoms with E-state index in [1.165, 1.54) is 29.0 Å². The first-order valence-electron chi connectivity index (χ1n) is 22.3. The standard InChI is InChI=1S/C48H55BrClN7O6S/c1-48(2)15-13-34(42(28-48)32-3-5-35(50)6-4-32)31-55-17-19-56(20-18-55)37-9-12-41(44(26-37)62-39-25-33-14-16-51-45(33)52-29-39)46(58)54-64(59,60)40-27-43(49)47(53-30-40)63-38-10-7-36(8-11-38)57-21-23-61-24-22-57/h3-6,9,12,14,16,25-27,29-30,36,38H,7-8,10-11,13,15,17-24,28,31H2,1-2H3,(H,51,52)(H,54,58). The summed E-state index contributed by atoms with van der Waals surface area (Å²) in [5.74, 6) is 0.0944. The average Bonchev–Trinajstić information content (AvgIpc) is 3.77. The molecule has 64 heavy (non-hydrogen) atoms. The molecule has 1 saturated carbocycles.